The van der Waals surface area contributed by atoms with Crippen molar-refractivity contribution in [1.82, 2.24) is 15.1 Å². The van der Waals surface area contributed by atoms with E-state index in [2.05, 4.69) is 10.4 Å². The van der Waals surface area contributed by atoms with Crippen molar-refractivity contribution >= 4 is 35.9 Å². The predicted molar refractivity (Wildman–Crippen MR) is 146 cm³/mol. The summed E-state index contributed by atoms with van der Waals surface area (Å²) in [6.07, 6.45) is 1.30. The van der Waals surface area contributed by atoms with E-state index in [9.17, 15) is 18.4 Å². The fourth-order valence-electron chi connectivity index (χ4n) is 4.41. The number of rotatable bonds is 10. The van der Waals surface area contributed by atoms with Crippen molar-refractivity contribution in [2.24, 2.45) is 0 Å². The summed E-state index contributed by atoms with van der Waals surface area (Å²) in [5, 5.41) is 8.33. The second-order valence-corrected chi connectivity index (χ2v) is 15.4. The summed E-state index contributed by atoms with van der Waals surface area (Å²) in [5.74, 6) is -2.02. The Morgan fingerprint density at radius 1 is 1.03 bits per heavy atom. The average molecular weight is 536 g/mol. The zero-order valence-corrected chi connectivity index (χ0v) is 22.9. The molecule has 4 rings (SSSR count). The molecule has 1 atom stereocenters. The molecule has 1 N–H and O–H groups in total. The van der Waals surface area contributed by atoms with Crippen LogP contribution in [0.1, 0.15) is 22.7 Å². The standard InChI is InChI=1S/C29H31F2N3O3Si/c1-37-18-19-9-11-20(12-10-19)29(33-28(36)17-34-25-8-6-5-7-21(25)16-32-34)26(35)14-22-13-24(31)27(15-23(22)30)38(2,3)4/h5-13,15-16,29H,14,17-18H2,1-4H3,(H,33,36). The number of amides is 1. The maximum absolute atomic E-state index is 15.0. The van der Waals surface area contributed by atoms with E-state index in [1.807, 2.05) is 43.9 Å². The van der Waals surface area contributed by atoms with Gasteiger partial charge in [0.1, 0.15) is 24.2 Å². The number of carbonyl (C=O) groups is 2. The summed E-state index contributed by atoms with van der Waals surface area (Å²) >= 11 is 0. The first-order valence-corrected chi connectivity index (χ1v) is 15.9. The number of methoxy groups -OCH3 is 1. The molecule has 6 nitrogen and oxygen atoms in total. The van der Waals surface area contributed by atoms with Crippen LogP contribution in [0.3, 0.4) is 0 Å². The number of fused-ring (bicyclic) bond motifs is 1. The van der Waals surface area contributed by atoms with Crippen molar-refractivity contribution < 1.29 is 23.1 Å². The van der Waals surface area contributed by atoms with Crippen LogP contribution in [0.15, 0.2) is 66.9 Å². The molecular formula is C29H31F2N3O3Si. The molecule has 3 aromatic carbocycles. The number of aromatic nitrogens is 2. The van der Waals surface area contributed by atoms with Gasteiger partial charge in [-0.1, -0.05) is 62.1 Å². The molecule has 0 aliphatic carbocycles. The molecular weight excluding hydrogens is 504 g/mol. The topological polar surface area (TPSA) is 73.2 Å². The summed E-state index contributed by atoms with van der Waals surface area (Å²) in [6.45, 7) is 6.07. The van der Waals surface area contributed by atoms with Crippen LogP contribution in [0.2, 0.25) is 19.6 Å². The second kappa shape index (κ2) is 11.4. The molecule has 0 spiro atoms. The number of hydrogen-bond acceptors (Lipinski definition) is 4. The van der Waals surface area contributed by atoms with Crippen molar-refractivity contribution in [3.8, 4) is 0 Å². The highest BCUT2D eigenvalue weighted by Gasteiger charge is 2.27. The molecule has 198 valence electrons. The van der Waals surface area contributed by atoms with Gasteiger partial charge in [0.25, 0.3) is 0 Å². The largest absolute Gasteiger partial charge is 0.380 e. The Balaban J connectivity index is 1.60. The first-order chi connectivity index (χ1) is 18.1. The lowest BCUT2D eigenvalue weighted by atomic mass is 9.96. The van der Waals surface area contributed by atoms with Gasteiger partial charge in [-0.25, -0.2) is 8.78 Å². The fraction of sp³-hybridized carbons (Fsp3) is 0.276. The normalized spacial score (nSPS) is 12.5. The number of para-hydroxylation sites is 1. The van der Waals surface area contributed by atoms with E-state index in [0.29, 0.717) is 17.4 Å². The molecule has 0 aliphatic rings. The van der Waals surface area contributed by atoms with Crippen LogP contribution in [0.5, 0.6) is 0 Å². The van der Waals surface area contributed by atoms with Crippen LogP contribution in [-0.2, 0) is 33.9 Å². The Hall–Kier alpha value is -3.69. The molecule has 0 saturated carbocycles. The highest BCUT2D eigenvalue weighted by Crippen LogP contribution is 2.21. The number of ketones is 1. The number of halogens is 2. The van der Waals surface area contributed by atoms with Gasteiger partial charge in [-0.3, -0.25) is 14.3 Å². The van der Waals surface area contributed by atoms with Crippen LogP contribution < -0.4 is 10.5 Å². The smallest absolute Gasteiger partial charge is 0.242 e. The van der Waals surface area contributed by atoms with Crippen molar-refractivity contribution in [2.45, 2.75) is 45.3 Å². The van der Waals surface area contributed by atoms with E-state index < -0.39 is 37.4 Å². The Morgan fingerprint density at radius 2 is 1.74 bits per heavy atom. The number of nitrogens with zero attached hydrogens (tertiary/aromatic N) is 2. The first kappa shape index (κ1) is 27.3. The van der Waals surface area contributed by atoms with Gasteiger partial charge in [0.15, 0.2) is 5.78 Å². The third-order valence-electron chi connectivity index (χ3n) is 6.40. The summed E-state index contributed by atoms with van der Waals surface area (Å²) in [6, 6.07) is 15.8. The third kappa shape index (κ3) is 6.23. The molecule has 0 fully saturated rings. The summed E-state index contributed by atoms with van der Waals surface area (Å²) in [4.78, 5) is 26.5. The molecule has 0 aliphatic heterocycles. The highest BCUT2D eigenvalue weighted by molar-refractivity contribution is 6.88. The molecule has 4 aromatic rings. The highest BCUT2D eigenvalue weighted by atomic mass is 28.3. The number of Topliss-reactive ketones (excluding diaryl/α,β-unsaturated/α-hetero) is 1. The summed E-state index contributed by atoms with van der Waals surface area (Å²) < 4.78 is 36.5. The Labute approximate surface area is 221 Å². The van der Waals surface area contributed by atoms with Crippen LogP contribution >= 0.6 is 0 Å². The van der Waals surface area contributed by atoms with E-state index in [-0.39, 0.29) is 18.5 Å². The van der Waals surface area contributed by atoms with Gasteiger partial charge in [-0.05, 0) is 40.1 Å². The lowest BCUT2D eigenvalue weighted by molar-refractivity contribution is -0.128. The minimum Gasteiger partial charge on any atom is -0.380 e. The van der Waals surface area contributed by atoms with Gasteiger partial charge >= 0.3 is 0 Å². The van der Waals surface area contributed by atoms with Crippen LogP contribution in [0.4, 0.5) is 8.78 Å². The van der Waals surface area contributed by atoms with E-state index in [0.717, 1.165) is 22.5 Å². The van der Waals surface area contributed by atoms with E-state index >= 15 is 0 Å². The Kier molecular flexibility index (Phi) is 8.18. The average Bonchev–Trinajstić information content (AvgIpc) is 3.27. The number of benzene rings is 3. The van der Waals surface area contributed by atoms with Crippen molar-refractivity contribution in [3.63, 3.8) is 0 Å². The molecule has 1 aromatic heterocycles. The monoisotopic (exact) mass is 535 g/mol. The van der Waals surface area contributed by atoms with Crippen molar-refractivity contribution in [1.29, 1.82) is 0 Å². The van der Waals surface area contributed by atoms with Crippen molar-refractivity contribution in [2.75, 3.05) is 7.11 Å². The number of nitrogens with one attached hydrogen (secondary N) is 1. The molecule has 1 heterocycles. The molecule has 0 radical (unpaired) electrons. The van der Waals surface area contributed by atoms with Crippen LogP contribution in [0.25, 0.3) is 10.9 Å². The number of hydrogen-bond donors (Lipinski definition) is 1. The van der Waals surface area contributed by atoms with Gasteiger partial charge < -0.3 is 10.1 Å². The quantitative estimate of drug-likeness (QED) is 0.300. The second-order valence-electron chi connectivity index (χ2n) is 10.4. The Morgan fingerprint density at radius 3 is 2.42 bits per heavy atom. The predicted octanol–water partition coefficient (Wildman–Crippen LogP) is 4.68. The lowest BCUT2D eigenvalue weighted by Gasteiger charge is -2.21. The zero-order valence-electron chi connectivity index (χ0n) is 21.9. The van der Waals surface area contributed by atoms with E-state index in [1.165, 1.54) is 6.07 Å². The molecule has 1 amide bonds. The first-order valence-electron chi connectivity index (χ1n) is 12.4. The fourth-order valence-corrected chi connectivity index (χ4v) is 5.75. The number of ether oxygens (including phenoxy) is 1. The third-order valence-corrected chi connectivity index (χ3v) is 8.40. The SMILES string of the molecule is COCc1ccc(C(NC(=O)Cn2ncc3ccccc32)C(=O)Cc2cc(F)c([Si](C)(C)C)cc2F)cc1. The maximum Gasteiger partial charge on any atom is 0.242 e. The summed E-state index contributed by atoms with van der Waals surface area (Å²) in [7, 11) is -0.523. The molecule has 38 heavy (non-hydrogen) atoms. The van der Waals surface area contributed by atoms with Gasteiger partial charge in [0, 0.05) is 18.9 Å². The molecule has 9 heteroatoms. The van der Waals surface area contributed by atoms with E-state index in [1.54, 1.807) is 42.3 Å². The number of carbonyl (C=O) groups excluding carboxylic acids is 2. The Bertz CT molecular complexity index is 1460. The maximum atomic E-state index is 15.0. The van der Waals surface area contributed by atoms with Crippen LogP contribution in [-0.4, -0.2) is 36.7 Å². The van der Waals surface area contributed by atoms with Gasteiger partial charge in [-0.2, -0.15) is 5.10 Å². The van der Waals surface area contributed by atoms with E-state index in [4.69, 9.17) is 4.74 Å². The van der Waals surface area contributed by atoms with Gasteiger partial charge in [0.2, 0.25) is 5.91 Å². The van der Waals surface area contributed by atoms with Crippen molar-refractivity contribution in [3.05, 3.63) is 95.2 Å². The minimum atomic E-state index is -2.11. The minimum absolute atomic E-state index is 0.0391. The molecule has 0 saturated heterocycles. The van der Waals surface area contributed by atoms with Crippen LogP contribution in [0, 0.1) is 11.6 Å². The molecule has 1 unspecified atom stereocenters. The zero-order chi connectivity index (χ0) is 27.4. The lowest BCUT2D eigenvalue weighted by Crippen LogP contribution is -2.40. The summed E-state index contributed by atoms with van der Waals surface area (Å²) in [5.41, 5.74) is 2.18. The van der Waals surface area contributed by atoms with Gasteiger partial charge in [0.05, 0.1) is 26.4 Å². The molecule has 0 bridgehead atoms. The van der Waals surface area contributed by atoms with Gasteiger partial charge in [-0.15, -0.1) is 0 Å².